The summed E-state index contributed by atoms with van der Waals surface area (Å²) < 4.78 is 2.73. The van der Waals surface area contributed by atoms with Crippen LogP contribution < -0.4 is 10.6 Å². The van der Waals surface area contributed by atoms with E-state index in [4.69, 9.17) is 10.1 Å². The zero-order valence-electron chi connectivity index (χ0n) is 23.5. The number of fused-ring (bicyclic) bond motifs is 2. The average molecular weight is 574 g/mol. The number of amides is 3. The SMILES string of the molecule is CC(C)C[C@H]1NC(=O)CCCN(C(=O)c2ccc3ncsc3c2)CCn2nc(-c3ccccc3)nc2[C@@H](C)NC1=O. The first-order valence-corrected chi connectivity index (χ1v) is 14.9. The predicted octanol–water partition coefficient (Wildman–Crippen LogP) is 4.20. The second-order valence-electron chi connectivity index (χ2n) is 10.8. The van der Waals surface area contributed by atoms with E-state index in [0.717, 1.165) is 15.8 Å². The quantitative estimate of drug-likeness (QED) is 0.377. The monoisotopic (exact) mass is 573 g/mol. The van der Waals surface area contributed by atoms with Crippen molar-refractivity contribution in [1.82, 2.24) is 35.3 Å². The Balaban J connectivity index is 1.47. The van der Waals surface area contributed by atoms with E-state index in [1.165, 1.54) is 11.3 Å². The van der Waals surface area contributed by atoms with E-state index in [2.05, 4.69) is 15.6 Å². The van der Waals surface area contributed by atoms with Crippen LogP contribution in [0.25, 0.3) is 21.6 Å². The van der Waals surface area contributed by atoms with Gasteiger partial charge in [0.25, 0.3) is 5.91 Å². The topological polar surface area (TPSA) is 122 Å². The molecule has 0 saturated heterocycles. The van der Waals surface area contributed by atoms with Crippen molar-refractivity contribution in [1.29, 1.82) is 0 Å². The molecule has 2 aromatic heterocycles. The van der Waals surface area contributed by atoms with Crippen molar-refractivity contribution in [3.8, 4) is 11.4 Å². The van der Waals surface area contributed by atoms with Crippen LogP contribution in [0.2, 0.25) is 0 Å². The Hall–Kier alpha value is -4.12. The summed E-state index contributed by atoms with van der Waals surface area (Å²) in [7, 11) is 0. The van der Waals surface area contributed by atoms with E-state index in [9.17, 15) is 14.4 Å². The molecule has 0 spiro atoms. The van der Waals surface area contributed by atoms with Gasteiger partial charge in [0.05, 0.1) is 28.3 Å². The summed E-state index contributed by atoms with van der Waals surface area (Å²) in [5.74, 6) is 0.773. The van der Waals surface area contributed by atoms with Crippen LogP contribution in [0.5, 0.6) is 0 Å². The van der Waals surface area contributed by atoms with Crippen molar-refractivity contribution >= 4 is 39.3 Å². The number of nitrogens with one attached hydrogen (secondary N) is 2. The first kappa shape index (κ1) is 28.4. The van der Waals surface area contributed by atoms with Gasteiger partial charge in [-0.1, -0.05) is 44.2 Å². The Morgan fingerprint density at radius 1 is 1.07 bits per heavy atom. The summed E-state index contributed by atoms with van der Waals surface area (Å²) in [5.41, 5.74) is 4.06. The Kier molecular flexibility index (Phi) is 8.72. The van der Waals surface area contributed by atoms with Gasteiger partial charge in [0, 0.05) is 30.6 Å². The minimum atomic E-state index is -0.665. The second-order valence-corrected chi connectivity index (χ2v) is 11.7. The summed E-state index contributed by atoms with van der Waals surface area (Å²) >= 11 is 1.49. The average Bonchev–Trinajstić information content (AvgIpc) is 3.61. The molecule has 0 bridgehead atoms. The van der Waals surface area contributed by atoms with Crippen LogP contribution in [0.3, 0.4) is 0 Å². The van der Waals surface area contributed by atoms with Crippen LogP contribution in [0, 0.1) is 5.92 Å². The Morgan fingerprint density at radius 2 is 1.88 bits per heavy atom. The number of carbonyl (C=O) groups excluding carboxylic acids is 3. The van der Waals surface area contributed by atoms with Gasteiger partial charge < -0.3 is 15.5 Å². The molecule has 4 aromatic rings. The summed E-state index contributed by atoms with van der Waals surface area (Å²) in [6, 6.07) is 14.1. The molecule has 41 heavy (non-hydrogen) atoms. The minimum absolute atomic E-state index is 0.114. The zero-order valence-corrected chi connectivity index (χ0v) is 24.4. The number of rotatable bonds is 4. The van der Waals surface area contributed by atoms with Crippen LogP contribution in [0.4, 0.5) is 0 Å². The van der Waals surface area contributed by atoms with E-state index < -0.39 is 12.1 Å². The first-order chi connectivity index (χ1) is 19.8. The molecule has 3 amide bonds. The lowest BCUT2D eigenvalue weighted by molar-refractivity contribution is -0.129. The molecule has 11 heteroatoms. The highest BCUT2D eigenvalue weighted by atomic mass is 32.1. The number of aromatic nitrogens is 4. The number of hydrogen-bond donors (Lipinski definition) is 2. The van der Waals surface area contributed by atoms with Gasteiger partial charge in [0.1, 0.15) is 11.9 Å². The third-order valence-corrected chi connectivity index (χ3v) is 7.91. The lowest BCUT2D eigenvalue weighted by atomic mass is 10.0. The van der Waals surface area contributed by atoms with Crippen LogP contribution in [-0.4, -0.2) is 61.5 Å². The molecule has 0 fully saturated rings. The van der Waals surface area contributed by atoms with Gasteiger partial charge in [0.2, 0.25) is 11.8 Å². The summed E-state index contributed by atoms with van der Waals surface area (Å²) in [6.07, 6.45) is 1.19. The third-order valence-electron chi connectivity index (χ3n) is 7.12. The minimum Gasteiger partial charge on any atom is -0.345 e. The lowest BCUT2D eigenvalue weighted by Gasteiger charge is -2.26. The molecule has 2 aromatic carbocycles. The van der Waals surface area contributed by atoms with Gasteiger partial charge in [-0.3, -0.25) is 14.4 Å². The van der Waals surface area contributed by atoms with Crippen LogP contribution in [0.1, 0.15) is 62.3 Å². The van der Waals surface area contributed by atoms with Crippen molar-refractivity contribution in [3.05, 3.63) is 65.4 Å². The number of benzene rings is 2. The van der Waals surface area contributed by atoms with Crippen molar-refractivity contribution in [2.24, 2.45) is 5.92 Å². The smallest absolute Gasteiger partial charge is 0.253 e. The molecule has 0 saturated carbocycles. The number of nitrogens with zero attached hydrogens (tertiary/aromatic N) is 5. The largest absolute Gasteiger partial charge is 0.345 e. The molecule has 2 atom stereocenters. The van der Waals surface area contributed by atoms with Crippen molar-refractivity contribution in [2.75, 3.05) is 13.1 Å². The maximum absolute atomic E-state index is 13.7. The highest BCUT2D eigenvalue weighted by Crippen LogP contribution is 2.22. The van der Waals surface area contributed by atoms with E-state index in [0.29, 0.717) is 49.7 Å². The fraction of sp³-hybridized carbons (Fsp3) is 0.400. The van der Waals surface area contributed by atoms with Gasteiger partial charge in [-0.25, -0.2) is 14.6 Å². The molecule has 1 aliphatic rings. The zero-order chi connectivity index (χ0) is 28.9. The van der Waals surface area contributed by atoms with E-state index in [1.807, 2.05) is 63.2 Å². The summed E-state index contributed by atoms with van der Waals surface area (Å²) in [5, 5.41) is 10.7. The van der Waals surface area contributed by atoms with Gasteiger partial charge in [0.15, 0.2) is 5.82 Å². The van der Waals surface area contributed by atoms with Gasteiger partial charge in [-0.05, 0) is 43.9 Å². The normalized spacial score (nSPS) is 19.0. The molecule has 5 rings (SSSR count). The van der Waals surface area contributed by atoms with Crippen molar-refractivity contribution in [3.63, 3.8) is 0 Å². The fourth-order valence-corrected chi connectivity index (χ4v) is 5.74. The van der Waals surface area contributed by atoms with E-state index in [1.54, 1.807) is 21.2 Å². The van der Waals surface area contributed by atoms with Crippen LogP contribution >= 0.6 is 11.3 Å². The molecule has 0 radical (unpaired) electrons. The second kappa shape index (κ2) is 12.6. The fourth-order valence-electron chi connectivity index (χ4n) is 5.03. The molecule has 1 aliphatic heterocycles. The Morgan fingerprint density at radius 3 is 2.66 bits per heavy atom. The first-order valence-electron chi connectivity index (χ1n) is 14.0. The highest BCUT2D eigenvalue weighted by molar-refractivity contribution is 7.16. The summed E-state index contributed by atoms with van der Waals surface area (Å²) in [4.78, 5) is 50.8. The molecule has 0 unspecified atom stereocenters. The predicted molar refractivity (Wildman–Crippen MR) is 158 cm³/mol. The molecular formula is C30H35N7O3S. The molecule has 2 N–H and O–H groups in total. The molecular weight excluding hydrogens is 538 g/mol. The van der Waals surface area contributed by atoms with Crippen molar-refractivity contribution in [2.45, 2.75) is 58.7 Å². The Labute approximate surface area is 243 Å². The van der Waals surface area contributed by atoms with Crippen LogP contribution in [0.15, 0.2) is 54.0 Å². The maximum atomic E-state index is 13.7. The van der Waals surface area contributed by atoms with Gasteiger partial charge in [-0.15, -0.1) is 11.3 Å². The molecule has 10 nitrogen and oxygen atoms in total. The number of hydrogen-bond acceptors (Lipinski definition) is 7. The Bertz CT molecular complexity index is 1530. The molecule has 0 aliphatic carbocycles. The lowest BCUT2D eigenvalue weighted by Crippen LogP contribution is -2.48. The third kappa shape index (κ3) is 6.79. The molecule has 214 valence electrons. The standard InChI is InChI=1S/C30H35N7O3S/c1-19(2)16-24-29(39)32-20(3)28-34-27(21-8-5-4-6-9-21)35-37(28)15-14-36(13-7-10-26(38)33-24)30(40)22-11-12-23-25(17-22)41-18-31-23/h4-6,8-9,11-12,17-20,24H,7,10,13-16H2,1-3H3,(H,32,39)(H,33,38)/t20-,24-/m1/s1. The maximum Gasteiger partial charge on any atom is 0.253 e. The number of thiazole rings is 1. The molecule has 3 heterocycles. The van der Waals surface area contributed by atoms with Gasteiger partial charge >= 0.3 is 0 Å². The van der Waals surface area contributed by atoms with Crippen LogP contribution in [-0.2, 0) is 16.1 Å². The van der Waals surface area contributed by atoms with Gasteiger partial charge in [-0.2, -0.15) is 5.10 Å². The number of carbonyl (C=O) groups is 3. The van der Waals surface area contributed by atoms with Crippen molar-refractivity contribution < 1.29 is 14.4 Å². The highest BCUT2D eigenvalue weighted by Gasteiger charge is 2.27. The van der Waals surface area contributed by atoms with E-state index >= 15 is 0 Å². The van der Waals surface area contributed by atoms with E-state index in [-0.39, 0.29) is 30.1 Å². The summed E-state index contributed by atoms with van der Waals surface area (Å²) in [6.45, 7) is 7.03.